The Morgan fingerprint density at radius 3 is 2.33 bits per heavy atom. The maximum absolute atomic E-state index is 13.9. The number of aliphatic hydroxyl groups excluding tert-OH is 2. The molecule has 10 nitrogen and oxygen atoms in total. The summed E-state index contributed by atoms with van der Waals surface area (Å²) in [6.45, 7) is -1.16. The number of primary amides is 1. The van der Waals surface area contributed by atoms with E-state index in [1.54, 1.807) is 44.4 Å². The van der Waals surface area contributed by atoms with Gasteiger partial charge in [0, 0.05) is 18.0 Å². The number of hydrogen-bond donors (Lipinski definition) is 6. The maximum Gasteiger partial charge on any atom is 0.401 e. The number of carbonyl (C=O) groups excluding carboxylic acids is 3. The largest absolute Gasteiger partial charge is 0.510 e. The number of aromatic hydroxyl groups is 1. The predicted molar refractivity (Wildman–Crippen MR) is 147 cm³/mol. The number of carbonyl (C=O) groups is 3. The van der Waals surface area contributed by atoms with Gasteiger partial charge < -0.3 is 31.5 Å². The standard InChI is InChI=1S/C30H30F3N3O7/c1-36(2)23-18-10-15-9-17-16(14-5-3-13(4-6-14)11-35-12-29(31,32)33)7-8-19(37)21(17)24(38)20(15)26(40)30(18,43)27(41)22(25(23)39)28(34)42/h3-8,15,18,23,35,37,39-40,43H,9-12H2,1-2H3,(H2,34,42)/t15-,18+,23-,30+/m1/s1. The summed E-state index contributed by atoms with van der Waals surface area (Å²) < 4.78 is 37.4. The fraction of sp³-hybridized carbons (Fsp3) is 0.367. The number of allylic oxidation sites excluding steroid dienone is 1. The van der Waals surface area contributed by atoms with E-state index in [2.05, 4.69) is 5.32 Å². The summed E-state index contributed by atoms with van der Waals surface area (Å²) in [7, 11) is 3.09. The average Bonchev–Trinajstić information content (AvgIpc) is 2.90. The van der Waals surface area contributed by atoms with Crippen LogP contribution in [-0.2, 0) is 22.6 Å². The number of alkyl halides is 3. The second-order valence-electron chi connectivity index (χ2n) is 11.4. The zero-order valence-corrected chi connectivity index (χ0v) is 23.2. The zero-order valence-electron chi connectivity index (χ0n) is 23.2. The van der Waals surface area contributed by atoms with Crippen molar-refractivity contribution in [2.24, 2.45) is 17.6 Å². The number of nitrogens with one attached hydrogen (secondary N) is 1. The van der Waals surface area contributed by atoms with Crippen molar-refractivity contribution < 1.29 is 48.0 Å². The fourth-order valence-corrected chi connectivity index (χ4v) is 6.67. The molecule has 0 fully saturated rings. The van der Waals surface area contributed by atoms with Crippen LogP contribution in [0.5, 0.6) is 5.75 Å². The summed E-state index contributed by atoms with van der Waals surface area (Å²) >= 11 is 0. The van der Waals surface area contributed by atoms with Crippen molar-refractivity contribution in [1.82, 2.24) is 10.2 Å². The van der Waals surface area contributed by atoms with Gasteiger partial charge in [0.1, 0.15) is 22.8 Å². The highest BCUT2D eigenvalue weighted by atomic mass is 19.4. The fourth-order valence-electron chi connectivity index (χ4n) is 6.67. The summed E-state index contributed by atoms with van der Waals surface area (Å²) in [5, 5.41) is 47.0. The molecule has 2 aromatic rings. The number of benzene rings is 2. The average molecular weight is 602 g/mol. The van der Waals surface area contributed by atoms with Gasteiger partial charge in [-0.2, -0.15) is 13.2 Å². The van der Waals surface area contributed by atoms with Crippen LogP contribution in [0.1, 0.15) is 27.9 Å². The normalized spacial score (nSPS) is 25.5. The zero-order chi connectivity index (χ0) is 31.6. The Hall–Kier alpha value is -4.20. The molecule has 0 aliphatic heterocycles. The quantitative estimate of drug-likeness (QED) is 0.272. The highest BCUT2D eigenvalue weighted by Crippen LogP contribution is 2.53. The predicted octanol–water partition coefficient (Wildman–Crippen LogP) is 2.44. The van der Waals surface area contributed by atoms with Crippen molar-refractivity contribution in [2.75, 3.05) is 20.6 Å². The number of amides is 1. The monoisotopic (exact) mass is 601 g/mol. The van der Waals surface area contributed by atoms with Gasteiger partial charge in [-0.3, -0.25) is 19.3 Å². The van der Waals surface area contributed by atoms with Gasteiger partial charge in [-0.05, 0) is 61.2 Å². The topological polar surface area (TPSA) is 173 Å². The molecule has 0 radical (unpaired) electrons. The molecule has 3 aliphatic rings. The minimum atomic E-state index is -4.34. The number of phenols is 1. The van der Waals surface area contributed by atoms with Gasteiger partial charge in [0.2, 0.25) is 5.78 Å². The first kappa shape index (κ1) is 30.3. The number of hydrogen-bond acceptors (Lipinski definition) is 9. The molecule has 0 saturated carbocycles. The van der Waals surface area contributed by atoms with Crippen molar-refractivity contribution >= 4 is 17.5 Å². The Kier molecular flexibility index (Phi) is 7.39. The van der Waals surface area contributed by atoms with Crippen LogP contribution in [0.2, 0.25) is 0 Å². The van der Waals surface area contributed by atoms with E-state index < -0.39 is 70.8 Å². The lowest BCUT2D eigenvalue weighted by atomic mass is 9.58. The van der Waals surface area contributed by atoms with Crippen molar-refractivity contribution in [3.05, 3.63) is 75.8 Å². The summed E-state index contributed by atoms with van der Waals surface area (Å²) in [5.74, 6) is -7.30. The molecule has 13 heteroatoms. The molecule has 1 amide bonds. The number of nitrogens with zero attached hydrogens (tertiary/aromatic N) is 1. The van der Waals surface area contributed by atoms with Crippen LogP contribution in [0, 0.1) is 11.8 Å². The molecular formula is C30H30F3N3O7. The van der Waals surface area contributed by atoms with E-state index in [-0.39, 0.29) is 36.3 Å². The molecule has 228 valence electrons. The molecule has 2 aromatic carbocycles. The smallest absolute Gasteiger partial charge is 0.401 e. The van der Waals surface area contributed by atoms with E-state index >= 15 is 0 Å². The molecule has 7 N–H and O–H groups in total. The Morgan fingerprint density at radius 1 is 1.09 bits per heavy atom. The van der Waals surface area contributed by atoms with Crippen LogP contribution in [-0.4, -0.2) is 81.3 Å². The Labute approximate surface area is 243 Å². The van der Waals surface area contributed by atoms with Gasteiger partial charge in [0.25, 0.3) is 5.91 Å². The summed E-state index contributed by atoms with van der Waals surface area (Å²) in [6.07, 6.45) is -4.29. The summed E-state index contributed by atoms with van der Waals surface area (Å²) in [4.78, 5) is 40.8. The van der Waals surface area contributed by atoms with Gasteiger partial charge in [0.15, 0.2) is 11.4 Å². The molecular weight excluding hydrogens is 571 g/mol. The number of likely N-dealkylation sites (N-methyl/N-ethyl adjacent to an activating group) is 1. The Bertz CT molecular complexity index is 1600. The highest BCUT2D eigenvalue weighted by Gasteiger charge is 2.63. The van der Waals surface area contributed by atoms with Gasteiger partial charge in [-0.1, -0.05) is 30.3 Å². The third kappa shape index (κ3) is 4.86. The van der Waals surface area contributed by atoms with Crippen molar-refractivity contribution in [3.63, 3.8) is 0 Å². The molecule has 0 aromatic heterocycles. The lowest BCUT2D eigenvalue weighted by molar-refractivity contribution is -0.148. The third-order valence-corrected chi connectivity index (χ3v) is 8.53. The number of ketones is 2. The molecule has 43 heavy (non-hydrogen) atoms. The number of aliphatic hydroxyl groups is 3. The van der Waals surface area contributed by atoms with E-state index in [1.165, 1.54) is 11.0 Å². The second-order valence-corrected chi connectivity index (χ2v) is 11.4. The first-order valence-electron chi connectivity index (χ1n) is 13.4. The van der Waals surface area contributed by atoms with Crippen LogP contribution in [0.3, 0.4) is 0 Å². The number of halogens is 3. The molecule has 0 spiro atoms. The van der Waals surface area contributed by atoms with Crippen molar-refractivity contribution in [2.45, 2.75) is 37.2 Å². The van der Waals surface area contributed by atoms with Gasteiger partial charge in [-0.15, -0.1) is 0 Å². The molecule has 0 bridgehead atoms. The van der Waals surface area contributed by atoms with E-state index in [4.69, 9.17) is 5.73 Å². The highest BCUT2D eigenvalue weighted by molar-refractivity contribution is 6.24. The summed E-state index contributed by atoms with van der Waals surface area (Å²) in [5.41, 5.74) is 3.58. The van der Waals surface area contributed by atoms with Crippen molar-refractivity contribution in [1.29, 1.82) is 0 Å². The molecule has 0 unspecified atom stereocenters. The van der Waals surface area contributed by atoms with Crippen LogP contribution in [0.4, 0.5) is 13.2 Å². The third-order valence-electron chi connectivity index (χ3n) is 8.53. The maximum atomic E-state index is 13.9. The minimum absolute atomic E-state index is 0.0176. The molecule has 3 aliphatic carbocycles. The van der Waals surface area contributed by atoms with Gasteiger partial charge in [0.05, 0.1) is 18.2 Å². The van der Waals surface area contributed by atoms with Crippen LogP contribution in [0.25, 0.3) is 11.1 Å². The van der Waals surface area contributed by atoms with Crippen LogP contribution in [0.15, 0.2) is 59.1 Å². The number of Topliss-reactive ketones (excluding diaryl/α,β-unsaturated/α-hetero) is 2. The summed E-state index contributed by atoms with van der Waals surface area (Å²) in [6, 6.07) is 8.44. The number of nitrogens with two attached hydrogens (primary N) is 1. The molecule has 0 heterocycles. The Morgan fingerprint density at radius 2 is 1.74 bits per heavy atom. The van der Waals surface area contributed by atoms with E-state index in [0.29, 0.717) is 22.3 Å². The van der Waals surface area contributed by atoms with E-state index in [1.807, 2.05) is 0 Å². The molecule has 4 atom stereocenters. The number of rotatable bonds is 6. The first-order valence-corrected chi connectivity index (χ1v) is 13.4. The first-order chi connectivity index (χ1) is 20.1. The van der Waals surface area contributed by atoms with Crippen LogP contribution < -0.4 is 11.1 Å². The molecule has 5 rings (SSSR count). The lowest BCUT2D eigenvalue weighted by Crippen LogP contribution is -2.63. The van der Waals surface area contributed by atoms with Gasteiger partial charge in [-0.25, -0.2) is 0 Å². The minimum Gasteiger partial charge on any atom is -0.510 e. The second kappa shape index (κ2) is 10.5. The number of phenolic OH excluding ortho intramolecular Hbond substituents is 1. The van der Waals surface area contributed by atoms with E-state index in [0.717, 1.165) is 0 Å². The van der Waals surface area contributed by atoms with Crippen LogP contribution >= 0.6 is 0 Å². The van der Waals surface area contributed by atoms with Gasteiger partial charge >= 0.3 is 6.18 Å². The lowest BCUT2D eigenvalue weighted by Gasteiger charge is -2.50. The Balaban J connectivity index is 1.57. The molecule has 0 saturated heterocycles. The van der Waals surface area contributed by atoms with E-state index in [9.17, 15) is 48.0 Å². The van der Waals surface area contributed by atoms with Crippen molar-refractivity contribution in [3.8, 4) is 16.9 Å². The number of fused-ring (bicyclic) bond motifs is 3. The SMILES string of the molecule is CN(C)[C@H]1C(O)=C(C(N)=O)C(=O)[C@@]2(O)C(O)=C3C(=O)c4c(O)ccc(-c5ccc(CNCC(F)(F)F)cc5)c4C[C@@H]3C[C@@H]12.